The van der Waals surface area contributed by atoms with E-state index < -0.39 is 0 Å². The predicted octanol–water partition coefficient (Wildman–Crippen LogP) is 3.27. The smallest absolute Gasteiger partial charge is 0.121 e. The van der Waals surface area contributed by atoms with Crippen molar-refractivity contribution >= 4 is 0 Å². The number of rotatable bonds is 3. The molecule has 0 radical (unpaired) electrons. The normalized spacial score (nSPS) is 20.2. The lowest BCUT2D eigenvalue weighted by Gasteiger charge is -2.22. The van der Waals surface area contributed by atoms with E-state index in [-0.39, 0.29) is 6.04 Å². The fourth-order valence-corrected chi connectivity index (χ4v) is 2.95. The summed E-state index contributed by atoms with van der Waals surface area (Å²) in [7, 11) is 2.01. The quantitative estimate of drug-likeness (QED) is 0.870. The Kier molecular flexibility index (Phi) is 2.73. The Morgan fingerprint density at radius 2 is 2.12 bits per heavy atom. The standard InChI is InChI=1S/C15H17NO/c1-16-15(14-7-4-10-17-14)13-9-8-11-5-2-3-6-12(11)13/h2-7,10,13,15-16H,8-9H2,1H3. The van der Waals surface area contributed by atoms with Gasteiger partial charge in [0.05, 0.1) is 12.3 Å². The lowest BCUT2D eigenvalue weighted by molar-refractivity contribution is 0.381. The Morgan fingerprint density at radius 1 is 1.24 bits per heavy atom. The van der Waals surface area contributed by atoms with Crippen molar-refractivity contribution in [3.05, 3.63) is 59.5 Å². The van der Waals surface area contributed by atoms with E-state index in [1.54, 1.807) is 6.26 Å². The third kappa shape index (κ3) is 1.79. The number of furan rings is 1. The zero-order valence-corrected chi connectivity index (χ0v) is 10.0. The molecule has 2 atom stereocenters. The van der Waals surface area contributed by atoms with Crippen molar-refractivity contribution in [3.63, 3.8) is 0 Å². The van der Waals surface area contributed by atoms with Gasteiger partial charge in [-0.25, -0.2) is 0 Å². The summed E-state index contributed by atoms with van der Waals surface area (Å²) in [5, 5.41) is 3.39. The van der Waals surface area contributed by atoms with Crippen molar-refractivity contribution in [2.24, 2.45) is 0 Å². The number of aryl methyl sites for hydroxylation is 1. The van der Waals surface area contributed by atoms with E-state index >= 15 is 0 Å². The summed E-state index contributed by atoms with van der Waals surface area (Å²) in [6, 6.07) is 13.1. The summed E-state index contributed by atoms with van der Waals surface area (Å²) in [6.45, 7) is 0. The summed E-state index contributed by atoms with van der Waals surface area (Å²) >= 11 is 0. The van der Waals surface area contributed by atoms with Gasteiger partial charge < -0.3 is 9.73 Å². The fraction of sp³-hybridized carbons (Fsp3) is 0.333. The van der Waals surface area contributed by atoms with Gasteiger partial charge in [0.1, 0.15) is 5.76 Å². The highest BCUT2D eigenvalue weighted by Crippen LogP contribution is 2.41. The van der Waals surface area contributed by atoms with Crippen molar-refractivity contribution in [1.29, 1.82) is 0 Å². The molecular formula is C15H17NO. The Labute approximate surface area is 102 Å². The van der Waals surface area contributed by atoms with Crippen molar-refractivity contribution in [1.82, 2.24) is 5.32 Å². The van der Waals surface area contributed by atoms with Crippen LogP contribution in [0.5, 0.6) is 0 Å². The molecule has 0 saturated heterocycles. The second-order valence-corrected chi connectivity index (χ2v) is 4.63. The summed E-state index contributed by atoms with van der Waals surface area (Å²) in [5.74, 6) is 1.57. The van der Waals surface area contributed by atoms with Gasteiger partial charge in [-0.05, 0) is 43.1 Å². The molecular weight excluding hydrogens is 210 g/mol. The van der Waals surface area contributed by atoms with Gasteiger partial charge >= 0.3 is 0 Å². The van der Waals surface area contributed by atoms with E-state index in [1.165, 1.54) is 24.0 Å². The second kappa shape index (κ2) is 4.38. The van der Waals surface area contributed by atoms with Crippen LogP contribution >= 0.6 is 0 Å². The van der Waals surface area contributed by atoms with Gasteiger partial charge in [-0.1, -0.05) is 24.3 Å². The van der Waals surface area contributed by atoms with Gasteiger partial charge in [-0.15, -0.1) is 0 Å². The van der Waals surface area contributed by atoms with E-state index in [0.29, 0.717) is 5.92 Å². The molecule has 0 spiro atoms. The highest BCUT2D eigenvalue weighted by molar-refractivity contribution is 5.37. The molecule has 3 rings (SSSR count). The molecule has 0 amide bonds. The molecule has 0 fully saturated rings. The summed E-state index contributed by atoms with van der Waals surface area (Å²) in [5.41, 5.74) is 2.97. The molecule has 0 saturated carbocycles. The molecule has 0 bridgehead atoms. The van der Waals surface area contributed by atoms with Crippen LogP contribution in [0.2, 0.25) is 0 Å². The SMILES string of the molecule is CNC(c1ccco1)C1CCc2ccccc21. The van der Waals surface area contributed by atoms with Gasteiger partial charge in [0.2, 0.25) is 0 Å². The maximum absolute atomic E-state index is 5.55. The van der Waals surface area contributed by atoms with Crippen LogP contribution in [0.1, 0.15) is 35.3 Å². The maximum Gasteiger partial charge on any atom is 0.121 e. The van der Waals surface area contributed by atoms with Gasteiger partial charge in [-0.2, -0.15) is 0 Å². The topological polar surface area (TPSA) is 25.2 Å². The molecule has 0 aliphatic heterocycles. The predicted molar refractivity (Wildman–Crippen MR) is 68.0 cm³/mol. The zero-order chi connectivity index (χ0) is 11.7. The number of likely N-dealkylation sites (N-methyl/N-ethyl adjacent to an activating group) is 1. The third-order valence-corrected chi connectivity index (χ3v) is 3.74. The number of fused-ring (bicyclic) bond motifs is 1. The van der Waals surface area contributed by atoms with Crippen LogP contribution in [0.4, 0.5) is 0 Å². The van der Waals surface area contributed by atoms with Gasteiger partial charge in [0.15, 0.2) is 0 Å². The minimum Gasteiger partial charge on any atom is -0.468 e. The summed E-state index contributed by atoms with van der Waals surface area (Å²) < 4.78 is 5.55. The molecule has 1 aliphatic carbocycles. The number of nitrogens with one attached hydrogen (secondary N) is 1. The van der Waals surface area contributed by atoms with Crippen molar-refractivity contribution in [2.75, 3.05) is 7.05 Å². The van der Waals surface area contributed by atoms with Crippen LogP contribution in [-0.2, 0) is 6.42 Å². The highest BCUT2D eigenvalue weighted by atomic mass is 16.3. The van der Waals surface area contributed by atoms with Crippen molar-refractivity contribution in [3.8, 4) is 0 Å². The van der Waals surface area contributed by atoms with Crippen LogP contribution in [0, 0.1) is 0 Å². The molecule has 1 aromatic heterocycles. The highest BCUT2D eigenvalue weighted by Gasteiger charge is 2.30. The maximum atomic E-state index is 5.55. The van der Waals surface area contributed by atoms with E-state index in [4.69, 9.17) is 4.42 Å². The Morgan fingerprint density at radius 3 is 2.88 bits per heavy atom. The third-order valence-electron chi connectivity index (χ3n) is 3.74. The first-order valence-electron chi connectivity index (χ1n) is 6.18. The first-order chi connectivity index (χ1) is 8.40. The Hall–Kier alpha value is -1.54. The number of hydrogen-bond acceptors (Lipinski definition) is 2. The van der Waals surface area contributed by atoms with Crippen LogP contribution < -0.4 is 5.32 Å². The van der Waals surface area contributed by atoms with E-state index in [9.17, 15) is 0 Å². The van der Waals surface area contributed by atoms with Crippen molar-refractivity contribution < 1.29 is 4.42 Å². The van der Waals surface area contributed by atoms with Gasteiger partial charge in [0.25, 0.3) is 0 Å². The Bertz CT molecular complexity index is 489. The van der Waals surface area contributed by atoms with Crippen LogP contribution in [0.3, 0.4) is 0 Å². The second-order valence-electron chi connectivity index (χ2n) is 4.63. The minimum absolute atomic E-state index is 0.286. The van der Waals surface area contributed by atoms with E-state index in [0.717, 1.165) is 5.76 Å². The molecule has 1 N–H and O–H groups in total. The lowest BCUT2D eigenvalue weighted by Crippen LogP contribution is -2.22. The average Bonchev–Trinajstić information content (AvgIpc) is 3.01. The zero-order valence-electron chi connectivity index (χ0n) is 10.0. The molecule has 1 aromatic carbocycles. The largest absolute Gasteiger partial charge is 0.468 e. The average molecular weight is 227 g/mol. The molecule has 2 aromatic rings. The minimum atomic E-state index is 0.286. The molecule has 88 valence electrons. The summed E-state index contributed by atoms with van der Waals surface area (Å²) in [4.78, 5) is 0. The molecule has 2 heteroatoms. The van der Waals surface area contributed by atoms with Crippen molar-refractivity contribution in [2.45, 2.75) is 24.8 Å². The lowest BCUT2D eigenvalue weighted by atomic mass is 9.91. The molecule has 17 heavy (non-hydrogen) atoms. The molecule has 1 aliphatic rings. The first kappa shape index (κ1) is 10.6. The van der Waals surface area contributed by atoms with Gasteiger partial charge in [0, 0.05) is 5.92 Å². The van der Waals surface area contributed by atoms with Crippen LogP contribution in [0.25, 0.3) is 0 Å². The van der Waals surface area contributed by atoms with Crippen LogP contribution in [0.15, 0.2) is 47.1 Å². The molecule has 2 unspecified atom stereocenters. The van der Waals surface area contributed by atoms with Gasteiger partial charge in [-0.3, -0.25) is 0 Å². The first-order valence-corrected chi connectivity index (χ1v) is 6.18. The monoisotopic (exact) mass is 227 g/mol. The van der Waals surface area contributed by atoms with Crippen LogP contribution in [-0.4, -0.2) is 7.05 Å². The number of benzene rings is 1. The fourth-order valence-electron chi connectivity index (χ4n) is 2.95. The summed E-state index contributed by atoms with van der Waals surface area (Å²) in [6.07, 6.45) is 4.13. The molecule has 2 nitrogen and oxygen atoms in total. The number of hydrogen-bond donors (Lipinski definition) is 1. The van der Waals surface area contributed by atoms with E-state index in [1.807, 2.05) is 13.1 Å². The Balaban J connectivity index is 1.95. The van der Waals surface area contributed by atoms with E-state index in [2.05, 4.69) is 35.6 Å². The molecule has 1 heterocycles.